The molecule has 2 unspecified atom stereocenters. The number of hydrogen-bond donors (Lipinski definition) is 4. The van der Waals surface area contributed by atoms with E-state index in [2.05, 4.69) is 83.1 Å². The minimum atomic E-state index is -2.02. The van der Waals surface area contributed by atoms with E-state index in [1.165, 1.54) is 0 Å². The molecule has 1 aromatic carbocycles. The molecular weight excluding hydrogens is 476 g/mol. The first-order valence-electron chi connectivity index (χ1n) is 11.8. The molecule has 0 radical (unpaired) electrons. The number of benzene rings is 1. The number of halogens is 4. The summed E-state index contributed by atoms with van der Waals surface area (Å²) < 4.78 is 49.0. The highest BCUT2D eigenvalue weighted by molar-refractivity contribution is 5.46. The molecule has 0 amide bonds. The van der Waals surface area contributed by atoms with Crippen molar-refractivity contribution in [2.45, 2.75) is 88.7 Å². The van der Waals surface area contributed by atoms with E-state index in [9.17, 15) is 27.8 Å². The summed E-state index contributed by atoms with van der Waals surface area (Å²) in [5, 5.41) is 39.9. The summed E-state index contributed by atoms with van der Waals surface area (Å²) >= 11 is 0. The lowest BCUT2D eigenvalue weighted by molar-refractivity contribution is -0.0937. The summed E-state index contributed by atoms with van der Waals surface area (Å²) in [5.41, 5.74) is -0.195. The Morgan fingerprint density at radius 2 is 0.972 bits per heavy atom. The predicted molar refractivity (Wildman–Crippen MR) is 134 cm³/mol. The molecule has 4 N–H and O–H groups in total. The summed E-state index contributed by atoms with van der Waals surface area (Å²) in [6, 6.07) is 0. The van der Waals surface area contributed by atoms with Crippen LogP contribution in [0, 0.1) is 50.8 Å². The number of allylic oxidation sites excluding steroid dienone is 1. The molecule has 0 spiro atoms. The van der Waals surface area contributed by atoms with Gasteiger partial charge in [-0.2, -0.15) is 17.6 Å². The first-order valence-corrected chi connectivity index (χ1v) is 11.8. The van der Waals surface area contributed by atoms with Crippen LogP contribution in [-0.2, 0) is 0 Å². The zero-order chi connectivity index (χ0) is 29.0. The molecule has 1 aliphatic carbocycles. The Hall–Kier alpha value is -2.22. The first kappa shape index (κ1) is 31.8. The maximum absolute atomic E-state index is 12.2. The zero-order valence-electron chi connectivity index (χ0n) is 23.5. The number of aromatic hydroxyl groups is 2. The smallest absolute Gasteiger partial charge is 0.207 e. The summed E-state index contributed by atoms with van der Waals surface area (Å²) in [6.45, 7) is 25.4. The van der Waals surface area contributed by atoms with E-state index < -0.39 is 40.4 Å². The standard InChI is InChI=1S/C22H40O2.C6H2F4O2/c1-18(2,3)14-13-22(24,21(10,11)12)17(20(7,8)9)15(16(14)23)19(4,5)6;7-1-2(8)6(12)4(10)3(9)5(1)11/h13,17,23-24H,1-12H3;11-12H. The van der Waals surface area contributed by atoms with Crippen LogP contribution in [0.15, 0.2) is 23.0 Å². The van der Waals surface area contributed by atoms with Crippen LogP contribution in [0.3, 0.4) is 0 Å². The molecule has 2 atom stereocenters. The van der Waals surface area contributed by atoms with Gasteiger partial charge in [0, 0.05) is 5.92 Å². The van der Waals surface area contributed by atoms with Crippen LogP contribution in [0.4, 0.5) is 17.6 Å². The molecule has 0 aromatic heterocycles. The number of phenolic OH excluding ortho intramolecular Hbond substituents is 2. The van der Waals surface area contributed by atoms with Gasteiger partial charge in [0.15, 0.2) is 11.5 Å². The second-order valence-electron chi connectivity index (χ2n) is 13.6. The highest BCUT2D eigenvalue weighted by Crippen LogP contribution is 2.58. The second kappa shape index (κ2) is 9.58. The first-order chi connectivity index (χ1) is 15.7. The molecule has 0 bridgehead atoms. The predicted octanol–water partition coefficient (Wildman–Crippen LogP) is 7.92. The molecule has 8 heteroatoms. The van der Waals surface area contributed by atoms with E-state index in [1.807, 2.05) is 6.08 Å². The van der Waals surface area contributed by atoms with Gasteiger partial charge in [-0.3, -0.25) is 0 Å². The largest absolute Gasteiger partial charge is 0.508 e. The van der Waals surface area contributed by atoms with Gasteiger partial charge in [-0.15, -0.1) is 0 Å². The van der Waals surface area contributed by atoms with Gasteiger partial charge in [0.2, 0.25) is 23.3 Å². The van der Waals surface area contributed by atoms with Crippen LogP contribution in [-0.4, -0.2) is 26.0 Å². The summed E-state index contributed by atoms with van der Waals surface area (Å²) in [7, 11) is 0. The highest BCUT2D eigenvalue weighted by Gasteiger charge is 2.56. The van der Waals surface area contributed by atoms with E-state index in [4.69, 9.17) is 10.2 Å². The van der Waals surface area contributed by atoms with Gasteiger partial charge in [0.25, 0.3) is 0 Å². The van der Waals surface area contributed by atoms with Crippen LogP contribution < -0.4 is 0 Å². The molecule has 0 aliphatic heterocycles. The molecule has 0 saturated heterocycles. The van der Waals surface area contributed by atoms with E-state index in [0.29, 0.717) is 5.76 Å². The molecule has 36 heavy (non-hydrogen) atoms. The molecule has 0 saturated carbocycles. The van der Waals surface area contributed by atoms with E-state index >= 15 is 0 Å². The summed E-state index contributed by atoms with van der Waals surface area (Å²) in [4.78, 5) is 0. The van der Waals surface area contributed by atoms with Crippen molar-refractivity contribution in [3.8, 4) is 11.5 Å². The Morgan fingerprint density at radius 3 is 1.19 bits per heavy atom. The van der Waals surface area contributed by atoms with E-state index in [0.717, 1.165) is 11.1 Å². The van der Waals surface area contributed by atoms with Crippen LogP contribution in [0.2, 0.25) is 0 Å². The average molecular weight is 519 g/mol. The minimum absolute atomic E-state index is 0.156. The Morgan fingerprint density at radius 1 is 0.639 bits per heavy atom. The molecule has 2 rings (SSSR count). The third-order valence-electron chi connectivity index (χ3n) is 6.50. The second-order valence-corrected chi connectivity index (χ2v) is 13.6. The lowest BCUT2D eigenvalue weighted by atomic mass is 9.52. The van der Waals surface area contributed by atoms with E-state index in [1.54, 1.807) is 0 Å². The molecule has 206 valence electrons. The van der Waals surface area contributed by atoms with Crippen molar-refractivity contribution in [1.29, 1.82) is 0 Å². The van der Waals surface area contributed by atoms with Gasteiger partial charge in [0.05, 0.1) is 5.60 Å². The Balaban J connectivity index is 0.000000450. The van der Waals surface area contributed by atoms with Crippen molar-refractivity contribution in [3.63, 3.8) is 0 Å². The SMILES string of the molecule is CC(C)(C)C1=CC(O)(C(C)(C)C)C(C(C)(C)C)C(C(C)(C)C)=C1O.Oc1c(F)c(F)c(O)c(F)c1F. The lowest BCUT2D eigenvalue weighted by Gasteiger charge is -2.55. The lowest BCUT2D eigenvalue weighted by Crippen LogP contribution is -2.56. The maximum atomic E-state index is 12.2. The highest BCUT2D eigenvalue weighted by atomic mass is 19.2. The quantitative estimate of drug-likeness (QED) is 0.160. The maximum Gasteiger partial charge on any atom is 0.207 e. The molecule has 1 aromatic rings. The number of hydrogen-bond acceptors (Lipinski definition) is 4. The van der Waals surface area contributed by atoms with Gasteiger partial charge in [-0.05, 0) is 38.9 Å². The van der Waals surface area contributed by atoms with Crippen LogP contribution >= 0.6 is 0 Å². The van der Waals surface area contributed by atoms with E-state index in [-0.39, 0.29) is 27.6 Å². The van der Waals surface area contributed by atoms with Gasteiger partial charge >= 0.3 is 0 Å². The van der Waals surface area contributed by atoms with Crippen LogP contribution in [0.1, 0.15) is 83.1 Å². The number of aliphatic hydroxyl groups is 2. The summed E-state index contributed by atoms with van der Waals surface area (Å²) in [6.07, 6.45) is 1.95. The van der Waals surface area contributed by atoms with Crippen LogP contribution in [0.25, 0.3) is 0 Å². The van der Waals surface area contributed by atoms with Crippen molar-refractivity contribution >= 4 is 0 Å². The van der Waals surface area contributed by atoms with Crippen molar-refractivity contribution in [2.75, 3.05) is 0 Å². The van der Waals surface area contributed by atoms with Gasteiger partial charge in [0.1, 0.15) is 5.76 Å². The average Bonchev–Trinajstić information content (AvgIpc) is 2.67. The number of aliphatic hydroxyl groups excluding tert-OH is 1. The monoisotopic (exact) mass is 518 g/mol. The number of rotatable bonds is 0. The summed E-state index contributed by atoms with van der Waals surface area (Å²) in [5.74, 6) is -11.4. The molecule has 4 nitrogen and oxygen atoms in total. The Labute approximate surface area is 212 Å². The Kier molecular flexibility index (Phi) is 8.47. The molecule has 1 aliphatic rings. The van der Waals surface area contributed by atoms with Gasteiger partial charge in [-0.25, -0.2) is 0 Å². The Bertz CT molecular complexity index is 956. The van der Waals surface area contributed by atoms with Crippen molar-refractivity contribution in [2.24, 2.45) is 27.6 Å². The number of phenols is 2. The molecule has 0 heterocycles. The van der Waals surface area contributed by atoms with Crippen molar-refractivity contribution < 1.29 is 38.0 Å². The van der Waals surface area contributed by atoms with Crippen LogP contribution in [0.5, 0.6) is 11.5 Å². The molecule has 0 fully saturated rings. The zero-order valence-corrected chi connectivity index (χ0v) is 23.5. The third kappa shape index (κ3) is 5.84. The van der Waals surface area contributed by atoms with Gasteiger partial charge in [-0.1, -0.05) is 83.1 Å². The molecular formula is C28H42F4O4. The fourth-order valence-electron chi connectivity index (χ4n) is 4.58. The van der Waals surface area contributed by atoms with Crippen molar-refractivity contribution in [1.82, 2.24) is 0 Å². The van der Waals surface area contributed by atoms with Gasteiger partial charge < -0.3 is 20.4 Å². The third-order valence-corrected chi connectivity index (χ3v) is 6.50. The minimum Gasteiger partial charge on any atom is -0.508 e. The topological polar surface area (TPSA) is 80.9 Å². The van der Waals surface area contributed by atoms with Crippen molar-refractivity contribution in [3.05, 3.63) is 46.3 Å². The fraction of sp³-hybridized carbons (Fsp3) is 0.643. The normalized spacial score (nSPS) is 21.7. The fourth-order valence-corrected chi connectivity index (χ4v) is 4.58.